The summed E-state index contributed by atoms with van der Waals surface area (Å²) in [6.45, 7) is 4.44. The van der Waals surface area contributed by atoms with Crippen LogP contribution < -0.4 is 14.9 Å². The van der Waals surface area contributed by atoms with Crippen LogP contribution in [0.3, 0.4) is 0 Å². The number of hydrogen-bond donors (Lipinski definition) is 1. The van der Waals surface area contributed by atoms with Crippen LogP contribution in [0.4, 0.5) is 0 Å². The first-order chi connectivity index (χ1) is 14.6. The molecule has 1 N–H and O–H groups in total. The minimum absolute atomic E-state index is 0.0961. The van der Waals surface area contributed by atoms with E-state index < -0.39 is 5.97 Å². The molecule has 1 amide bonds. The van der Waals surface area contributed by atoms with Gasteiger partial charge in [0.2, 0.25) is 5.91 Å². The Bertz CT molecular complexity index is 834. The fourth-order valence-corrected chi connectivity index (χ4v) is 2.81. The number of carbonyl (C=O) groups is 2. The number of hydrazone groups is 1. The molecule has 0 saturated heterocycles. The first kappa shape index (κ1) is 23.1. The van der Waals surface area contributed by atoms with E-state index in [4.69, 9.17) is 9.47 Å². The van der Waals surface area contributed by atoms with Crippen molar-refractivity contribution >= 4 is 18.1 Å². The van der Waals surface area contributed by atoms with Gasteiger partial charge in [-0.25, -0.2) is 10.2 Å². The predicted octanol–water partition coefficient (Wildman–Crippen LogP) is 5.12. The molecule has 0 fully saturated rings. The summed E-state index contributed by atoms with van der Waals surface area (Å²) in [6, 6.07) is 13.9. The molecule has 2 rings (SSSR count). The first-order valence-electron chi connectivity index (χ1n) is 10.5. The lowest BCUT2D eigenvalue weighted by atomic mass is 10.1. The zero-order chi connectivity index (χ0) is 21.6. The van der Waals surface area contributed by atoms with Gasteiger partial charge in [-0.1, -0.05) is 50.8 Å². The van der Waals surface area contributed by atoms with Crippen molar-refractivity contribution in [2.24, 2.45) is 5.10 Å². The maximum absolute atomic E-state index is 12.3. The summed E-state index contributed by atoms with van der Waals surface area (Å²) < 4.78 is 11.1. The Morgan fingerprint density at radius 2 is 1.73 bits per heavy atom. The number of unbranched alkanes of at least 4 members (excludes halogenated alkanes) is 4. The summed E-state index contributed by atoms with van der Waals surface area (Å²) in [7, 11) is 0. The molecule has 0 aliphatic heterocycles. The standard InChI is InChI=1S/C24H30N2O4/c1-3-5-6-7-11-14-23(27)26-25-18-19-15-16-21(22(17-19)29-4-2)30-24(28)20-12-9-8-10-13-20/h8-10,12-13,15-18H,3-7,11,14H2,1-2H3,(H,26,27)/b25-18+. The predicted molar refractivity (Wildman–Crippen MR) is 118 cm³/mol. The summed E-state index contributed by atoms with van der Waals surface area (Å²) >= 11 is 0. The van der Waals surface area contributed by atoms with Crippen LogP contribution in [0.15, 0.2) is 53.6 Å². The highest BCUT2D eigenvalue weighted by Crippen LogP contribution is 2.29. The first-order valence-corrected chi connectivity index (χ1v) is 10.5. The fraction of sp³-hybridized carbons (Fsp3) is 0.375. The summed E-state index contributed by atoms with van der Waals surface area (Å²) in [4.78, 5) is 24.1. The van der Waals surface area contributed by atoms with Crippen molar-refractivity contribution in [3.63, 3.8) is 0 Å². The second-order valence-corrected chi connectivity index (χ2v) is 6.85. The van der Waals surface area contributed by atoms with Crippen molar-refractivity contribution in [2.75, 3.05) is 6.61 Å². The third-order valence-electron chi connectivity index (χ3n) is 4.39. The average molecular weight is 411 g/mol. The Morgan fingerprint density at radius 3 is 2.47 bits per heavy atom. The van der Waals surface area contributed by atoms with Crippen LogP contribution in [0.25, 0.3) is 0 Å². The lowest BCUT2D eigenvalue weighted by Gasteiger charge is -2.11. The van der Waals surface area contributed by atoms with Gasteiger partial charge >= 0.3 is 5.97 Å². The Kier molecular flexibility index (Phi) is 10.1. The maximum atomic E-state index is 12.3. The molecule has 0 aromatic heterocycles. The monoisotopic (exact) mass is 410 g/mol. The number of hydrogen-bond acceptors (Lipinski definition) is 5. The minimum Gasteiger partial charge on any atom is -0.490 e. The van der Waals surface area contributed by atoms with Crippen LogP contribution in [-0.4, -0.2) is 24.7 Å². The topological polar surface area (TPSA) is 77.0 Å². The normalized spacial score (nSPS) is 10.7. The van der Waals surface area contributed by atoms with E-state index in [0.717, 1.165) is 24.8 Å². The molecule has 6 nitrogen and oxygen atoms in total. The lowest BCUT2D eigenvalue weighted by Crippen LogP contribution is -2.16. The number of nitrogens with zero attached hydrogens (tertiary/aromatic N) is 1. The molecule has 0 unspecified atom stereocenters. The highest BCUT2D eigenvalue weighted by Gasteiger charge is 2.13. The number of ether oxygens (including phenoxy) is 2. The third-order valence-corrected chi connectivity index (χ3v) is 4.39. The molecule has 6 heteroatoms. The van der Waals surface area contributed by atoms with E-state index in [1.54, 1.807) is 48.7 Å². The molecular weight excluding hydrogens is 380 g/mol. The second kappa shape index (κ2) is 13.1. The summed E-state index contributed by atoms with van der Waals surface area (Å²) in [6.07, 6.45) is 7.50. The molecule has 2 aromatic rings. The van der Waals surface area contributed by atoms with Crippen LogP contribution in [0.2, 0.25) is 0 Å². The summed E-state index contributed by atoms with van der Waals surface area (Å²) in [5.41, 5.74) is 3.73. The van der Waals surface area contributed by atoms with Crippen LogP contribution in [0.1, 0.15) is 68.3 Å². The smallest absolute Gasteiger partial charge is 0.343 e. The van der Waals surface area contributed by atoms with Gasteiger partial charge in [0.05, 0.1) is 18.4 Å². The number of rotatable bonds is 12. The molecule has 0 bridgehead atoms. The Hall–Kier alpha value is -3.15. The molecule has 0 aliphatic rings. The van der Waals surface area contributed by atoms with Crippen LogP contribution >= 0.6 is 0 Å². The zero-order valence-electron chi connectivity index (χ0n) is 17.7. The van der Waals surface area contributed by atoms with Crippen molar-refractivity contribution in [1.29, 1.82) is 0 Å². The molecule has 30 heavy (non-hydrogen) atoms. The molecule has 0 spiro atoms. The largest absolute Gasteiger partial charge is 0.490 e. The quantitative estimate of drug-likeness (QED) is 0.173. The van der Waals surface area contributed by atoms with Gasteiger partial charge in [-0.2, -0.15) is 5.10 Å². The summed E-state index contributed by atoms with van der Waals surface area (Å²) in [5, 5.41) is 4.01. The number of amides is 1. The molecule has 160 valence electrons. The van der Waals surface area contributed by atoms with Crippen molar-refractivity contribution in [3.05, 3.63) is 59.7 Å². The van der Waals surface area contributed by atoms with Gasteiger partial charge in [-0.15, -0.1) is 0 Å². The second-order valence-electron chi connectivity index (χ2n) is 6.85. The average Bonchev–Trinajstić information content (AvgIpc) is 2.76. The molecule has 0 aliphatic carbocycles. The molecule has 0 heterocycles. The molecule has 2 aromatic carbocycles. The Balaban J connectivity index is 1.93. The van der Waals surface area contributed by atoms with Gasteiger partial charge in [0.25, 0.3) is 0 Å². The number of nitrogens with one attached hydrogen (secondary N) is 1. The molecular formula is C24H30N2O4. The van der Waals surface area contributed by atoms with Crippen LogP contribution in [0.5, 0.6) is 11.5 Å². The van der Waals surface area contributed by atoms with Gasteiger partial charge in [-0.3, -0.25) is 4.79 Å². The lowest BCUT2D eigenvalue weighted by molar-refractivity contribution is -0.121. The fourth-order valence-electron chi connectivity index (χ4n) is 2.81. The number of carbonyl (C=O) groups excluding carboxylic acids is 2. The van der Waals surface area contributed by atoms with E-state index in [1.165, 1.54) is 12.8 Å². The SMILES string of the molecule is CCCCCCCC(=O)N/N=C/c1ccc(OC(=O)c2ccccc2)c(OCC)c1. The maximum Gasteiger partial charge on any atom is 0.343 e. The van der Waals surface area contributed by atoms with Crippen molar-refractivity contribution in [3.8, 4) is 11.5 Å². The van der Waals surface area contributed by atoms with E-state index in [0.29, 0.717) is 30.1 Å². The summed E-state index contributed by atoms with van der Waals surface area (Å²) in [5.74, 6) is 0.220. The number of benzene rings is 2. The van der Waals surface area contributed by atoms with E-state index >= 15 is 0 Å². The Morgan fingerprint density at radius 1 is 0.967 bits per heavy atom. The van der Waals surface area contributed by atoms with Gasteiger partial charge in [0, 0.05) is 6.42 Å². The van der Waals surface area contributed by atoms with E-state index in [9.17, 15) is 9.59 Å². The number of esters is 1. The minimum atomic E-state index is -0.454. The highest BCUT2D eigenvalue weighted by atomic mass is 16.6. The van der Waals surface area contributed by atoms with Gasteiger partial charge < -0.3 is 9.47 Å². The van der Waals surface area contributed by atoms with Crippen LogP contribution in [-0.2, 0) is 4.79 Å². The van der Waals surface area contributed by atoms with Crippen molar-refractivity contribution in [1.82, 2.24) is 5.43 Å². The van der Waals surface area contributed by atoms with Crippen molar-refractivity contribution in [2.45, 2.75) is 52.4 Å². The van der Waals surface area contributed by atoms with Gasteiger partial charge in [0.15, 0.2) is 11.5 Å². The van der Waals surface area contributed by atoms with E-state index in [1.807, 2.05) is 13.0 Å². The molecule has 0 saturated carbocycles. The molecule has 0 radical (unpaired) electrons. The highest BCUT2D eigenvalue weighted by molar-refractivity contribution is 5.91. The molecule has 0 atom stereocenters. The van der Waals surface area contributed by atoms with Crippen LogP contribution in [0, 0.1) is 0 Å². The zero-order valence-corrected chi connectivity index (χ0v) is 17.7. The van der Waals surface area contributed by atoms with Crippen molar-refractivity contribution < 1.29 is 19.1 Å². The van der Waals surface area contributed by atoms with E-state index in [-0.39, 0.29) is 5.91 Å². The van der Waals surface area contributed by atoms with Gasteiger partial charge in [0.1, 0.15) is 0 Å². The van der Waals surface area contributed by atoms with E-state index in [2.05, 4.69) is 17.5 Å². The third kappa shape index (κ3) is 8.07. The van der Waals surface area contributed by atoms with Gasteiger partial charge in [-0.05, 0) is 49.2 Å². The Labute approximate surface area is 178 Å².